The van der Waals surface area contributed by atoms with Crippen molar-refractivity contribution in [3.63, 3.8) is 0 Å². The van der Waals surface area contributed by atoms with Crippen LogP contribution in [0.2, 0.25) is 0 Å². The average molecular weight is 386 g/mol. The number of carbonyl (C=O) groups is 2. The molecule has 0 spiro atoms. The van der Waals surface area contributed by atoms with Gasteiger partial charge in [-0.3, -0.25) is 9.59 Å². The standard InChI is InChI=1S/C21H23FN2O2S/c1-2-4-18-20(25)23-17(19-5-3-10-27-19)12-24(18)21(26)16-11-15(16)13-6-8-14(22)9-7-13/h3,5-10,15-18H,2,4,11-12H2,1H3,(H,23,25). The Kier molecular flexibility index (Phi) is 5.00. The third-order valence-electron chi connectivity index (χ3n) is 5.51. The van der Waals surface area contributed by atoms with Gasteiger partial charge in [0.15, 0.2) is 0 Å². The van der Waals surface area contributed by atoms with Crippen molar-refractivity contribution < 1.29 is 14.0 Å². The van der Waals surface area contributed by atoms with E-state index in [1.54, 1.807) is 28.4 Å². The molecule has 2 amide bonds. The molecule has 1 aliphatic heterocycles. The van der Waals surface area contributed by atoms with E-state index in [1.807, 2.05) is 24.4 Å². The molecule has 2 aromatic rings. The first-order chi connectivity index (χ1) is 13.1. The van der Waals surface area contributed by atoms with Crippen molar-refractivity contribution in [2.75, 3.05) is 6.54 Å². The van der Waals surface area contributed by atoms with E-state index >= 15 is 0 Å². The molecule has 1 aromatic carbocycles. The minimum Gasteiger partial charge on any atom is -0.345 e. The highest BCUT2D eigenvalue weighted by atomic mass is 32.1. The molecule has 4 rings (SSSR count). The van der Waals surface area contributed by atoms with E-state index in [-0.39, 0.29) is 35.5 Å². The number of benzene rings is 1. The molecule has 0 radical (unpaired) electrons. The minimum absolute atomic E-state index is 0.0548. The van der Waals surface area contributed by atoms with E-state index in [9.17, 15) is 14.0 Å². The summed E-state index contributed by atoms with van der Waals surface area (Å²) in [6.45, 7) is 2.54. The molecule has 1 aromatic heterocycles. The first-order valence-corrected chi connectivity index (χ1v) is 10.4. The zero-order valence-electron chi connectivity index (χ0n) is 15.2. The lowest BCUT2D eigenvalue weighted by atomic mass is 10.0. The molecule has 4 nitrogen and oxygen atoms in total. The second-order valence-corrected chi connectivity index (χ2v) is 8.35. The van der Waals surface area contributed by atoms with E-state index in [0.717, 1.165) is 23.3 Å². The number of carbonyl (C=O) groups excluding carboxylic acids is 2. The van der Waals surface area contributed by atoms with Gasteiger partial charge in [0, 0.05) is 17.3 Å². The van der Waals surface area contributed by atoms with Crippen molar-refractivity contribution in [1.82, 2.24) is 10.2 Å². The van der Waals surface area contributed by atoms with Crippen LogP contribution in [0.4, 0.5) is 4.39 Å². The maximum absolute atomic E-state index is 13.2. The van der Waals surface area contributed by atoms with Crippen molar-refractivity contribution in [2.45, 2.75) is 44.2 Å². The summed E-state index contributed by atoms with van der Waals surface area (Å²) in [6, 6.07) is 9.82. The molecule has 0 bridgehead atoms. The predicted molar refractivity (Wildman–Crippen MR) is 103 cm³/mol. The summed E-state index contributed by atoms with van der Waals surface area (Å²) in [6.07, 6.45) is 2.28. The Bertz CT molecular complexity index is 821. The first kappa shape index (κ1) is 18.2. The van der Waals surface area contributed by atoms with Gasteiger partial charge in [-0.25, -0.2) is 4.39 Å². The van der Waals surface area contributed by atoms with Crippen LogP contribution in [-0.4, -0.2) is 29.3 Å². The third kappa shape index (κ3) is 3.63. The van der Waals surface area contributed by atoms with Crippen LogP contribution in [0.3, 0.4) is 0 Å². The van der Waals surface area contributed by atoms with Crippen LogP contribution in [0.25, 0.3) is 0 Å². The lowest BCUT2D eigenvalue weighted by molar-refractivity contribution is -0.146. The lowest BCUT2D eigenvalue weighted by Gasteiger charge is -2.39. The minimum atomic E-state index is -0.395. The number of hydrogen-bond donors (Lipinski definition) is 1. The third-order valence-corrected chi connectivity index (χ3v) is 6.50. The fraction of sp³-hybridized carbons (Fsp3) is 0.429. The first-order valence-electron chi connectivity index (χ1n) is 9.48. The summed E-state index contributed by atoms with van der Waals surface area (Å²) < 4.78 is 13.2. The fourth-order valence-corrected chi connectivity index (χ4v) is 4.76. The molecule has 4 unspecified atom stereocenters. The number of nitrogens with zero attached hydrogens (tertiary/aromatic N) is 1. The van der Waals surface area contributed by atoms with Gasteiger partial charge in [-0.05, 0) is 47.9 Å². The summed E-state index contributed by atoms with van der Waals surface area (Å²) in [5, 5.41) is 5.07. The molecular weight excluding hydrogens is 363 g/mol. The number of rotatable bonds is 5. The van der Waals surface area contributed by atoms with Crippen molar-refractivity contribution in [2.24, 2.45) is 5.92 Å². The molecule has 4 atom stereocenters. The van der Waals surface area contributed by atoms with E-state index in [2.05, 4.69) is 5.32 Å². The number of amides is 2. The Morgan fingerprint density at radius 1 is 1.30 bits per heavy atom. The van der Waals surface area contributed by atoms with Crippen molar-refractivity contribution in [3.8, 4) is 0 Å². The monoisotopic (exact) mass is 386 g/mol. The topological polar surface area (TPSA) is 49.4 Å². The average Bonchev–Trinajstić information content (AvgIpc) is 3.27. The van der Waals surface area contributed by atoms with Gasteiger partial charge in [0.1, 0.15) is 11.9 Å². The van der Waals surface area contributed by atoms with Gasteiger partial charge >= 0.3 is 0 Å². The van der Waals surface area contributed by atoms with Gasteiger partial charge < -0.3 is 10.2 Å². The lowest BCUT2D eigenvalue weighted by Crippen LogP contribution is -2.58. The Morgan fingerprint density at radius 3 is 2.74 bits per heavy atom. The smallest absolute Gasteiger partial charge is 0.243 e. The quantitative estimate of drug-likeness (QED) is 0.848. The van der Waals surface area contributed by atoms with E-state index < -0.39 is 6.04 Å². The number of halogens is 1. The molecule has 2 fully saturated rings. The number of piperazine rings is 1. The molecule has 1 aliphatic carbocycles. The number of nitrogens with one attached hydrogen (secondary N) is 1. The molecule has 1 saturated heterocycles. The zero-order valence-corrected chi connectivity index (χ0v) is 16.0. The van der Waals surface area contributed by atoms with Crippen molar-refractivity contribution in [1.29, 1.82) is 0 Å². The van der Waals surface area contributed by atoms with Crippen LogP contribution in [-0.2, 0) is 9.59 Å². The number of hydrogen-bond acceptors (Lipinski definition) is 3. The van der Waals surface area contributed by atoms with E-state index in [4.69, 9.17) is 0 Å². The van der Waals surface area contributed by atoms with Gasteiger partial charge in [0.05, 0.1) is 6.04 Å². The molecule has 142 valence electrons. The Morgan fingerprint density at radius 2 is 2.07 bits per heavy atom. The normalized spacial score (nSPS) is 27.3. The van der Waals surface area contributed by atoms with Gasteiger partial charge in [-0.2, -0.15) is 0 Å². The summed E-state index contributed by atoms with van der Waals surface area (Å²) in [4.78, 5) is 28.8. The molecule has 27 heavy (non-hydrogen) atoms. The molecular formula is C21H23FN2O2S. The van der Waals surface area contributed by atoms with Crippen LogP contribution < -0.4 is 5.32 Å². The summed E-state index contributed by atoms with van der Waals surface area (Å²) in [7, 11) is 0. The largest absolute Gasteiger partial charge is 0.345 e. The van der Waals surface area contributed by atoms with Gasteiger partial charge in [0.25, 0.3) is 0 Å². The number of thiophene rings is 1. The van der Waals surface area contributed by atoms with Gasteiger partial charge in [0.2, 0.25) is 11.8 Å². The van der Waals surface area contributed by atoms with E-state index in [1.165, 1.54) is 12.1 Å². The second-order valence-electron chi connectivity index (χ2n) is 7.37. The van der Waals surface area contributed by atoms with Crippen LogP contribution in [0.1, 0.15) is 48.6 Å². The van der Waals surface area contributed by atoms with Crippen molar-refractivity contribution >= 4 is 23.2 Å². The summed E-state index contributed by atoms with van der Waals surface area (Å²) >= 11 is 1.59. The van der Waals surface area contributed by atoms with E-state index in [0.29, 0.717) is 13.0 Å². The maximum Gasteiger partial charge on any atom is 0.243 e. The Hall–Kier alpha value is -2.21. The Labute approximate surface area is 162 Å². The fourth-order valence-electron chi connectivity index (χ4n) is 3.99. The van der Waals surface area contributed by atoms with Crippen LogP contribution in [0.5, 0.6) is 0 Å². The molecule has 1 N–H and O–H groups in total. The summed E-state index contributed by atoms with van der Waals surface area (Å²) in [5.41, 5.74) is 0.998. The Balaban J connectivity index is 1.52. The molecule has 2 heterocycles. The molecule has 1 saturated carbocycles. The zero-order chi connectivity index (χ0) is 19.0. The predicted octanol–water partition coefficient (Wildman–Crippen LogP) is 3.86. The van der Waals surface area contributed by atoms with Crippen LogP contribution in [0, 0.1) is 11.7 Å². The van der Waals surface area contributed by atoms with Gasteiger partial charge in [-0.1, -0.05) is 31.5 Å². The summed E-state index contributed by atoms with van der Waals surface area (Å²) in [5.74, 6) is -0.250. The SMILES string of the molecule is CCCC1C(=O)NC(c2cccs2)CN1C(=O)C1CC1c1ccc(F)cc1. The second kappa shape index (κ2) is 7.43. The van der Waals surface area contributed by atoms with Crippen LogP contribution >= 0.6 is 11.3 Å². The van der Waals surface area contributed by atoms with Crippen LogP contribution in [0.15, 0.2) is 41.8 Å². The molecule has 6 heteroatoms. The highest BCUT2D eigenvalue weighted by Crippen LogP contribution is 2.49. The van der Waals surface area contributed by atoms with Crippen molar-refractivity contribution in [3.05, 3.63) is 58.0 Å². The van der Waals surface area contributed by atoms with Gasteiger partial charge in [-0.15, -0.1) is 11.3 Å². The maximum atomic E-state index is 13.2. The molecule has 2 aliphatic rings. The highest BCUT2D eigenvalue weighted by Gasteiger charge is 2.49. The highest BCUT2D eigenvalue weighted by molar-refractivity contribution is 7.10.